The van der Waals surface area contributed by atoms with E-state index < -0.39 is 6.36 Å². The first-order valence-electron chi connectivity index (χ1n) is 8.43. The maximum Gasteiger partial charge on any atom is 0.573 e. The van der Waals surface area contributed by atoms with E-state index in [0.717, 1.165) is 12.0 Å². The molecule has 0 saturated carbocycles. The summed E-state index contributed by atoms with van der Waals surface area (Å²) in [6.45, 7) is -0.0585. The van der Waals surface area contributed by atoms with Gasteiger partial charge in [0.15, 0.2) is 0 Å². The summed E-state index contributed by atoms with van der Waals surface area (Å²) in [4.78, 5) is 11.2. The number of hydrogen-bond donors (Lipinski definition) is 2. The summed E-state index contributed by atoms with van der Waals surface area (Å²) in [5.41, 5.74) is 6.59. The van der Waals surface area contributed by atoms with Gasteiger partial charge in [0.1, 0.15) is 18.1 Å². The Labute approximate surface area is 154 Å². The van der Waals surface area contributed by atoms with Crippen LogP contribution in [0, 0.1) is 0 Å². The second-order valence-corrected chi connectivity index (χ2v) is 6.26. The molecule has 5 nitrogen and oxygen atoms in total. The second-order valence-electron chi connectivity index (χ2n) is 6.26. The molecule has 3 rings (SSSR count). The van der Waals surface area contributed by atoms with Crippen molar-refractivity contribution in [3.63, 3.8) is 0 Å². The quantitative estimate of drug-likeness (QED) is 0.805. The van der Waals surface area contributed by atoms with E-state index in [1.54, 1.807) is 18.2 Å². The third-order valence-electron chi connectivity index (χ3n) is 4.36. The number of carbonyl (C=O) groups excluding carboxylic acids is 1. The fourth-order valence-electron chi connectivity index (χ4n) is 3.03. The molecule has 1 aliphatic rings. The molecule has 8 heteroatoms. The predicted octanol–water partition coefficient (Wildman–Crippen LogP) is 3.44. The minimum atomic E-state index is -4.76. The van der Waals surface area contributed by atoms with E-state index in [4.69, 9.17) is 10.5 Å². The van der Waals surface area contributed by atoms with E-state index in [-0.39, 0.29) is 30.3 Å². The van der Waals surface area contributed by atoms with Crippen molar-refractivity contribution >= 4 is 5.91 Å². The van der Waals surface area contributed by atoms with Crippen molar-refractivity contribution in [2.45, 2.75) is 37.9 Å². The van der Waals surface area contributed by atoms with Crippen LogP contribution in [-0.2, 0) is 11.4 Å². The monoisotopic (exact) mass is 380 g/mol. The summed E-state index contributed by atoms with van der Waals surface area (Å²) in [5, 5.41) is 3.17. The Morgan fingerprint density at radius 1 is 1.11 bits per heavy atom. The number of benzene rings is 2. The second kappa shape index (κ2) is 7.87. The predicted molar refractivity (Wildman–Crippen MR) is 92.0 cm³/mol. The molecule has 0 bridgehead atoms. The number of rotatable bonds is 6. The molecule has 0 aromatic heterocycles. The molecule has 0 radical (unpaired) electrons. The van der Waals surface area contributed by atoms with Crippen molar-refractivity contribution < 1.29 is 27.4 Å². The number of nitrogens with two attached hydrogens (primary N) is 1. The smallest absolute Gasteiger partial charge is 0.489 e. The molecule has 2 aromatic rings. The van der Waals surface area contributed by atoms with E-state index in [9.17, 15) is 18.0 Å². The zero-order chi connectivity index (χ0) is 19.4. The lowest BCUT2D eigenvalue weighted by Gasteiger charge is -2.15. The van der Waals surface area contributed by atoms with E-state index >= 15 is 0 Å². The molecule has 2 atom stereocenters. The van der Waals surface area contributed by atoms with Gasteiger partial charge in [0.25, 0.3) is 0 Å². The van der Waals surface area contributed by atoms with Gasteiger partial charge in [0.2, 0.25) is 5.91 Å². The number of para-hydroxylation sites is 1. The maximum absolute atomic E-state index is 12.5. The number of hydrogen-bond acceptors (Lipinski definition) is 4. The molecule has 27 heavy (non-hydrogen) atoms. The average molecular weight is 380 g/mol. The fraction of sp³-hybridized carbons (Fsp3) is 0.316. The summed E-state index contributed by atoms with van der Waals surface area (Å²) in [5.74, 6) is -0.128. The van der Waals surface area contributed by atoms with Crippen molar-refractivity contribution in [1.82, 2.24) is 5.32 Å². The van der Waals surface area contributed by atoms with Gasteiger partial charge in [0.05, 0.1) is 6.04 Å². The molecule has 0 unspecified atom stereocenters. The Kier molecular flexibility index (Phi) is 5.55. The molecular formula is C19H19F3N2O3. The molecule has 1 heterocycles. The van der Waals surface area contributed by atoms with Gasteiger partial charge in [-0.25, -0.2) is 0 Å². The van der Waals surface area contributed by atoms with Gasteiger partial charge in [-0.1, -0.05) is 30.3 Å². The minimum absolute atomic E-state index is 0.0393. The molecule has 1 amide bonds. The molecule has 144 valence electrons. The topological polar surface area (TPSA) is 73.6 Å². The van der Waals surface area contributed by atoms with Crippen LogP contribution < -0.4 is 20.5 Å². The maximum atomic E-state index is 12.5. The molecule has 1 fully saturated rings. The zero-order valence-electron chi connectivity index (χ0n) is 14.3. The van der Waals surface area contributed by atoms with Crippen LogP contribution in [0.15, 0.2) is 48.5 Å². The van der Waals surface area contributed by atoms with Crippen LogP contribution in [0.5, 0.6) is 11.5 Å². The minimum Gasteiger partial charge on any atom is -0.489 e. The first-order valence-corrected chi connectivity index (χ1v) is 8.43. The normalized spacial score (nSPS) is 19.7. The summed E-state index contributed by atoms with van der Waals surface area (Å²) in [6.07, 6.45) is -3.26. The van der Waals surface area contributed by atoms with Gasteiger partial charge in [-0.2, -0.15) is 0 Å². The van der Waals surface area contributed by atoms with Crippen molar-refractivity contribution in [2.24, 2.45) is 5.73 Å². The van der Waals surface area contributed by atoms with Gasteiger partial charge < -0.3 is 15.2 Å². The summed E-state index contributed by atoms with van der Waals surface area (Å²) < 4.78 is 47.0. The van der Waals surface area contributed by atoms with Crippen LogP contribution in [0.25, 0.3) is 0 Å². The molecule has 0 aliphatic carbocycles. The molecule has 1 aliphatic heterocycles. The van der Waals surface area contributed by atoms with Crippen molar-refractivity contribution in [1.29, 1.82) is 0 Å². The van der Waals surface area contributed by atoms with Gasteiger partial charge in [0, 0.05) is 11.6 Å². The number of ether oxygens (including phenoxy) is 2. The first-order chi connectivity index (χ1) is 12.8. The van der Waals surface area contributed by atoms with Gasteiger partial charge in [-0.15, -0.1) is 13.2 Å². The van der Waals surface area contributed by atoms with Crippen LogP contribution in [0.4, 0.5) is 13.2 Å². The lowest BCUT2D eigenvalue weighted by Crippen LogP contribution is -2.37. The highest BCUT2D eigenvalue weighted by Crippen LogP contribution is 2.29. The molecule has 3 N–H and O–H groups in total. The van der Waals surface area contributed by atoms with Gasteiger partial charge in [-0.3, -0.25) is 10.1 Å². The molecule has 2 aromatic carbocycles. The highest BCUT2D eigenvalue weighted by atomic mass is 19.4. The summed E-state index contributed by atoms with van der Waals surface area (Å²) in [6, 6.07) is 12.7. The van der Waals surface area contributed by atoms with Crippen LogP contribution >= 0.6 is 0 Å². The van der Waals surface area contributed by atoms with Gasteiger partial charge in [-0.05, 0) is 36.6 Å². The Balaban J connectivity index is 1.61. The van der Waals surface area contributed by atoms with E-state index in [1.807, 2.05) is 12.1 Å². The molecule has 1 saturated heterocycles. The first kappa shape index (κ1) is 19.0. The third kappa shape index (κ3) is 5.13. The lowest BCUT2D eigenvalue weighted by molar-refractivity contribution is -0.275. The Morgan fingerprint density at radius 3 is 2.44 bits per heavy atom. The number of amides is 1. The summed E-state index contributed by atoms with van der Waals surface area (Å²) in [7, 11) is 0. The number of nitrogens with one attached hydrogen (secondary N) is 1. The largest absolute Gasteiger partial charge is 0.573 e. The zero-order valence-corrected chi connectivity index (χ0v) is 14.3. The number of carbonyl (C=O) groups is 1. The number of halogens is 3. The van der Waals surface area contributed by atoms with Crippen LogP contribution in [0.3, 0.4) is 0 Å². The van der Waals surface area contributed by atoms with E-state index in [0.29, 0.717) is 17.7 Å². The Bertz CT molecular complexity index is 794. The van der Waals surface area contributed by atoms with Crippen molar-refractivity contribution in [3.8, 4) is 11.5 Å². The van der Waals surface area contributed by atoms with E-state index in [1.165, 1.54) is 18.2 Å². The summed E-state index contributed by atoms with van der Waals surface area (Å²) >= 11 is 0. The standard InChI is InChI=1S/C19H19F3N2O3/c20-19(21,22)27-17-4-2-1-3-13(17)11-26-14-7-5-12(6-8-14)15-9-10-16(24-15)18(23)25/h1-8,15-16,24H,9-11H2,(H2,23,25)/t15-,16+/m1/s1. The third-order valence-corrected chi connectivity index (χ3v) is 4.36. The van der Waals surface area contributed by atoms with Crippen LogP contribution in [0.2, 0.25) is 0 Å². The highest BCUT2D eigenvalue weighted by Gasteiger charge is 2.32. The fourth-order valence-corrected chi connectivity index (χ4v) is 3.03. The number of primary amides is 1. The molecule has 0 spiro atoms. The average Bonchev–Trinajstić information content (AvgIpc) is 3.11. The van der Waals surface area contributed by atoms with Gasteiger partial charge >= 0.3 is 6.36 Å². The van der Waals surface area contributed by atoms with Crippen molar-refractivity contribution in [2.75, 3.05) is 0 Å². The Hall–Kier alpha value is -2.74. The molecular weight excluding hydrogens is 361 g/mol. The Morgan fingerprint density at radius 2 is 1.81 bits per heavy atom. The van der Waals surface area contributed by atoms with Crippen LogP contribution in [-0.4, -0.2) is 18.3 Å². The van der Waals surface area contributed by atoms with E-state index in [2.05, 4.69) is 10.1 Å². The highest BCUT2D eigenvalue weighted by molar-refractivity contribution is 5.80. The lowest BCUT2D eigenvalue weighted by atomic mass is 10.1. The van der Waals surface area contributed by atoms with Crippen LogP contribution in [0.1, 0.15) is 30.0 Å². The SMILES string of the molecule is NC(=O)[C@@H]1CC[C@H](c2ccc(OCc3ccccc3OC(F)(F)F)cc2)N1. The van der Waals surface area contributed by atoms with Crippen molar-refractivity contribution in [3.05, 3.63) is 59.7 Å². The number of alkyl halides is 3.